The number of hydrogen-bond donors (Lipinski definition) is 0. The van der Waals surface area contributed by atoms with Gasteiger partial charge in [-0.3, -0.25) is 4.90 Å². The summed E-state index contributed by atoms with van der Waals surface area (Å²) in [6.45, 7) is 5.90. The molecule has 0 aliphatic carbocycles. The highest BCUT2D eigenvalue weighted by molar-refractivity contribution is 7.80. The molecule has 2 nitrogen and oxygen atoms in total. The average molecular weight is 205 g/mol. The Bertz CT molecular complexity index is 374. The summed E-state index contributed by atoms with van der Waals surface area (Å²) >= 11 is 5.12. The maximum Gasteiger partial charge on any atom is 0.269 e. The lowest BCUT2D eigenvalue weighted by Crippen LogP contribution is -2.21. The second-order valence-corrected chi connectivity index (χ2v) is 3.54. The number of benzene rings is 1. The van der Waals surface area contributed by atoms with Crippen LogP contribution >= 0.6 is 12.2 Å². The molecule has 0 amide bonds. The molecule has 1 fully saturated rings. The molecule has 72 valence electrons. The number of para-hydroxylation sites is 1. The predicted molar refractivity (Wildman–Crippen MR) is 61.2 cm³/mol. The average Bonchev–Trinajstić information content (AvgIpc) is 2.43. The van der Waals surface area contributed by atoms with E-state index in [0.29, 0.717) is 5.17 Å². The van der Waals surface area contributed by atoms with Gasteiger partial charge in [0.1, 0.15) is 6.10 Å². The highest BCUT2D eigenvalue weighted by atomic mass is 32.1. The van der Waals surface area contributed by atoms with Crippen molar-refractivity contribution in [2.75, 3.05) is 4.90 Å². The van der Waals surface area contributed by atoms with Gasteiger partial charge in [-0.25, -0.2) is 0 Å². The van der Waals surface area contributed by atoms with Crippen molar-refractivity contribution < 1.29 is 4.74 Å². The van der Waals surface area contributed by atoms with E-state index in [2.05, 4.69) is 6.58 Å². The van der Waals surface area contributed by atoms with Crippen molar-refractivity contribution in [3.63, 3.8) is 0 Å². The molecule has 0 bridgehead atoms. The number of thiocarbonyl (C=S) groups is 1. The summed E-state index contributed by atoms with van der Waals surface area (Å²) in [5.74, 6) is 0. The van der Waals surface area contributed by atoms with Crippen molar-refractivity contribution >= 4 is 23.1 Å². The summed E-state index contributed by atoms with van der Waals surface area (Å²) in [5.41, 5.74) is 1.90. The van der Waals surface area contributed by atoms with Gasteiger partial charge in [0.25, 0.3) is 5.17 Å². The Hall–Kier alpha value is -1.35. The van der Waals surface area contributed by atoms with E-state index in [1.807, 2.05) is 42.2 Å². The molecule has 2 rings (SSSR count). The quantitative estimate of drug-likeness (QED) is 0.654. The lowest BCUT2D eigenvalue weighted by molar-refractivity contribution is 0.276. The molecule has 1 heterocycles. The number of anilines is 1. The monoisotopic (exact) mass is 205 g/mol. The van der Waals surface area contributed by atoms with E-state index < -0.39 is 0 Å². The normalized spacial score (nSPS) is 21.2. The van der Waals surface area contributed by atoms with Crippen LogP contribution in [0.2, 0.25) is 0 Å². The van der Waals surface area contributed by atoms with Crippen molar-refractivity contribution in [1.29, 1.82) is 0 Å². The molecular formula is C11H11NOS. The number of rotatable bonds is 1. The van der Waals surface area contributed by atoms with E-state index in [0.717, 1.165) is 11.4 Å². The van der Waals surface area contributed by atoms with Crippen molar-refractivity contribution in [2.45, 2.75) is 13.0 Å². The maximum absolute atomic E-state index is 5.40. The number of nitrogens with zero attached hydrogens (tertiary/aromatic N) is 1. The van der Waals surface area contributed by atoms with E-state index in [9.17, 15) is 0 Å². The molecule has 3 heteroatoms. The van der Waals surface area contributed by atoms with Crippen LogP contribution in [0.25, 0.3) is 0 Å². The third-order valence-electron chi connectivity index (χ3n) is 2.23. The van der Waals surface area contributed by atoms with E-state index in [1.165, 1.54) is 0 Å². The molecule has 0 radical (unpaired) electrons. The standard InChI is InChI=1S/C11H11NOS/c1-8-9(2)13-11(14)12(8)10-6-4-3-5-7-10/h3-7,9H,1H2,2H3. The molecule has 1 unspecified atom stereocenters. The first-order chi connectivity index (χ1) is 6.70. The van der Waals surface area contributed by atoms with Crippen molar-refractivity contribution in [1.82, 2.24) is 0 Å². The fourth-order valence-corrected chi connectivity index (χ4v) is 1.79. The molecule has 1 aliphatic heterocycles. The van der Waals surface area contributed by atoms with Crippen molar-refractivity contribution in [2.24, 2.45) is 0 Å². The zero-order valence-electron chi connectivity index (χ0n) is 7.93. The van der Waals surface area contributed by atoms with Crippen LogP contribution in [0.15, 0.2) is 42.6 Å². The minimum absolute atomic E-state index is 0.0253. The SMILES string of the molecule is C=C1C(C)OC(=S)N1c1ccccc1. The summed E-state index contributed by atoms with van der Waals surface area (Å²) in [7, 11) is 0. The van der Waals surface area contributed by atoms with Crippen molar-refractivity contribution in [3.05, 3.63) is 42.6 Å². The zero-order chi connectivity index (χ0) is 10.1. The fourth-order valence-electron chi connectivity index (χ4n) is 1.42. The molecule has 0 N–H and O–H groups in total. The van der Waals surface area contributed by atoms with E-state index in [1.54, 1.807) is 0 Å². The molecule has 1 aromatic carbocycles. The van der Waals surface area contributed by atoms with E-state index in [4.69, 9.17) is 17.0 Å². The second-order valence-electron chi connectivity index (χ2n) is 3.19. The van der Waals surface area contributed by atoms with Gasteiger partial charge >= 0.3 is 0 Å². The van der Waals surface area contributed by atoms with Gasteiger partial charge in [-0.15, -0.1) is 0 Å². The molecule has 0 saturated carbocycles. The maximum atomic E-state index is 5.40. The third kappa shape index (κ3) is 1.40. The first-order valence-electron chi connectivity index (χ1n) is 4.45. The number of ether oxygens (including phenoxy) is 1. The first kappa shape index (κ1) is 9.21. The minimum Gasteiger partial charge on any atom is -0.461 e. The summed E-state index contributed by atoms with van der Waals surface area (Å²) in [6.07, 6.45) is -0.0253. The van der Waals surface area contributed by atoms with Gasteiger partial charge in [0.15, 0.2) is 0 Å². The van der Waals surface area contributed by atoms with Crippen LogP contribution in [0, 0.1) is 0 Å². The highest BCUT2D eigenvalue weighted by Crippen LogP contribution is 2.28. The van der Waals surface area contributed by atoms with Gasteiger partial charge in [0.2, 0.25) is 0 Å². The zero-order valence-corrected chi connectivity index (χ0v) is 8.75. The third-order valence-corrected chi connectivity index (χ3v) is 2.51. The summed E-state index contributed by atoms with van der Waals surface area (Å²) in [5, 5.41) is 0.480. The minimum atomic E-state index is -0.0253. The fraction of sp³-hybridized carbons (Fsp3) is 0.182. The van der Waals surface area contributed by atoms with E-state index in [-0.39, 0.29) is 6.10 Å². The van der Waals surface area contributed by atoms with Gasteiger partial charge in [0, 0.05) is 5.69 Å². The predicted octanol–water partition coefficient (Wildman–Crippen LogP) is 2.71. The molecular weight excluding hydrogens is 194 g/mol. The molecule has 1 aromatic rings. The van der Waals surface area contributed by atoms with E-state index >= 15 is 0 Å². The molecule has 1 aliphatic rings. The Morgan fingerprint density at radius 2 is 2.00 bits per heavy atom. The van der Waals surface area contributed by atoms with Crippen LogP contribution in [-0.2, 0) is 4.74 Å². The lowest BCUT2D eigenvalue weighted by Gasteiger charge is -2.15. The Balaban J connectivity index is 2.36. The van der Waals surface area contributed by atoms with Gasteiger partial charge < -0.3 is 4.74 Å². The van der Waals surface area contributed by atoms with Gasteiger partial charge in [0.05, 0.1) is 5.70 Å². The topological polar surface area (TPSA) is 12.5 Å². The van der Waals surface area contributed by atoms with Gasteiger partial charge in [-0.05, 0) is 31.3 Å². The molecule has 0 spiro atoms. The van der Waals surface area contributed by atoms with Gasteiger partial charge in [-0.2, -0.15) is 0 Å². The van der Waals surface area contributed by atoms with Crippen LogP contribution in [0.5, 0.6) is 0 Å². The number of hydrogen-bond acceptors (Lipinski definition) is 2. The Morgan fingerprint density at radius 3 is 2.50 bits per heavy atom. The Morgan fingerprint density at radius 1 is 1.36 bits per heavy atom. The van der Waals surface area contributed by atoms with Crippen molar-refractivity contribution in [3.8, 4) is 0 Å². The smallest absolute Gasteiger partial charge is 0.269 e. The van der Waals surface area contributed by atoms with Crippen LogP contribution in [0.3, 0.4) is 0 Å². The molecule has 1 atom stereocenters. The largest absolute Gasteiger partial charge is 0.461 e. The molecule has 0 aromatic heterocycles. The van der Waals surface area contributed by atoms with Crippen LogP contribution in [0.4, 0.5) is 5.69 Å². The second kappa shape index (κ2) is 3.42. The summed E-state index contributed by atoms with van der Waals surface area (Å²) in [6, 6.07) is 9.87. The summed E-state index contributed by atoms with van der Waals surface area (Å²) in [4.78, 5) is 1.86. The van der Waals surface area contributed by atoms with Gasteiger partial charge in [-0.1, -0.05) is 24.8 Å². The Kier molecular flexibility index (Phi) is 2.25. The highest BCUT2D eigenvalue weighted by Gasteiger charge is 2.30. The van der Waals surface area contributed by atoms with Crippen LogP contribution < -0.4 is 4.90 Å². The molecule has 14 heavy (non-hydrogen) atoms. The lowest BCUT2D eigenvalue weighted by atomic mass is 10.2. The van der Waals surface area contributed by atoms with Crippen LogP contribution in [0.1, 0.15) is 6.92 Å². The van der Waals surface area contributed by atoms with Crippen LogP contribution in [-0.4, -0.2) is 11.3 Å². The summed E-state index contributed by atoms with van der Waals surface area (Å²) < 4.78 is 5.40. The Labute approximate surface area is 88.8 Å². The first-order valence-corrected chi connectivity index (χ1v) is 4.85. The molecule has 1 saturated heterocycles.